The van der Waals surface area contributed by atoms with Gasteiger partial charge in [0.1, 0.15) is 22.8 Å². The number of thioether (sulfide) groups is 1. The summed E-state index contributed by atoms with van der Waals surface area (Å²) < 4.78 is 40.7. The molecule has 1 aliphatic rings. The van der Waals surface area contributed by atoms with Gasteiger partial charge in [0.15, 0.2) is 0 Å². The van der Waals surface area contributed by atoms with E-state index in [1.54, 1.807) is 6.92 Å². The Hall–Kier alpha value is -2.48. The van der Waals surface area contributed by atoms with Gasteiger partial charge in [0.2, 0.25) is 5.91 Å². The van der Waals surface area contributed by atoms with Crippen LogP contribution in [0.5, 0.6) is 0 Å². The smallest absolute Gasteiger partial charge is 0.254 e. The van der Waals surface area contributed by atoms with Crippen LogP contribution in [0, 0.1) is 17.5 Å². The number of rotatable bonds is 6. The quantitative estimate of drug-likeness (QED) is 0.729. The Bertz CT molecular complexity index is 894. The maximum Gasteiger partial charge on any atom is 0.254 e. The molecule has 0 aromatic heterocycles. The zero-order valence-corrected chi connectivity index (χ0v) is 16.0. The van der Waals surface area contributed by atoms with E-state index in [0.29, 0.717) is 6.54 Å². The maximum absolute atomic E-state index is 14.2. The van der Waals surface area contributed by atoms with E-state index in [4.69, 9.17) is 0 Å². The molecule has 1 fully saturated rings. The van der Waals surface area contributed by atoms with Gasteiger partial charge in [0.05, 0.1) is 5.75 Å². The minimum Gasteiger partial charge on any atom is -0.337 e. The summed E-state index contributed by atoms with van der Waals surface area (Å²) in [6.45, 7) is 2.58. The Labute approximate surface area is 165 Å². The van der Waals surface area contributed by atoms with Crippen LogP contribution in [-0.4, -0.2) is 47.0 Å². The van der Waals surface area contributed by atoms with E-state index < -0.39 is 22.8 Å². The lowest BCUT2D eigenvalue weighted by Crippen LogP contribution is -2.40. The number of benzene rings is 2. The van der Waals surface area contributed by atoms with Crippen molar-refractivity contribution in [1.82, 2.24) is 9.80 Å². The molecule has 0 radical (unpaired) electrons. The van der Waals surface area contributed by atoms with E-state index >= 15 is 0 Å². The van der Waals surface area contributed by atoms with Crippen LogP contribution in [0.2, 0.25) is 0 Å². The Morgan fingerprint density at radius 1 is 1.18 bits per heavy atom. The van der Waals surface area contributed by atoms with Crippen molar-refractivity contribution in [3.05, 3.63) is 71.0 Å². The number of hydrogen-bond acceptors (Lipinski definition) is 3. The molecular formula is C20H19F3N2O2S. The predicted molar refractivity (Wildman–Crippen MR) is 101 cm³/mol. The summed E-state index contributed by atoms with van der Waals surface area (Å²) in [5.41, 5.74) is 0.460. The third-order valence-electron chi connectivity index (χ3n) is 4.55. The van der Waals surface area contributed by atoms with E-state index in [9.17, 15) is 22.8 Å². The first kappa shape index (κ1) is 20.3. The van der Waals surface area contributed by atoms with Crippen molar-refractivity contribution >= 4 is 23.6 Å². The van der Waals surface area contributed by atoms with Gasteiger partial charge >= 0.3 is 0 Å². The van der Waals surface area contributed by atoms with E-state index in [2.05, 4.69) is 0 Å². The van der Waals surface area contributed by atoms with Gasteiger partial charge in [0.25, 0.3) is 5.91 Å². The molecule has 1 aliphatic heterocycles. The molecule has 0 saturated carbocycles. The van der Waals surface area contributed by atoms with Crippen LogP contribution in [0.15, 0.2) is 42.5 Å². The van der Waals surface area contributed by atoms with Crippen molar-refractivity contribution in [2.24, 2.45) is 0 Å². The molecule has 0 bridgehead atoms. The highest BCUT2D eigenvalue weighted by atomic mass is 32.2. The lowest BCUT2D eigenvalue weighted by molar-refractivity contribution is -0.128. The van der Waals surface area contributed by atoms with Gasteiger partial charge in [-0.25, -0.2) is 13.2 Å². The van der Waals surface area contributed by atoms with E-state index in [-0.39, 0.29) is 41.8 Å². The van der Waals surface area contributed by atoms with E-state index in [0.717, 1.165) is 12.1 Å². The van der Waals surface area contributed by atoms with Crippen molar-refractivity contribution in [3.8, 4) is 0 Å². The molecular weight excluding hydrogens is 389 g/mol. The molecule has 0 unspecified atom stereocenters. The average Bonchev–Trinajstić information content (AvgIpc) is 3.02. The number of amides is 2. The normalized spacial score (nSPS) is 16.5. The highest BCUT2D eigenvalue weighted by molar-refractivity contribution is 8.00. The van der Waals surface area contributed by atoms with Gasteiger partial charge in [-0.1, -0.05) is 12.1 Å². The van der Waals surface area contributed by atoms with Crippen LogP contribution in [0.3, 0.4) is 0 Å². The molecule has 0 aliphatic carbocycles. The number of halogens is 3. The van der Waals surface area contributed by atoms with Crippen molar-refractivity contribution in [1.29, 1.82) is 0 Å². The Balaban J connectivity index is 1.73. The lowest BCUT2D eigenvalue weighted by atomic mass is 10.1. The van der Waals surface area contributed by atoms with Gasteiger partial charge in [0, 0.05) is 36.8 Å². The number of nitrogens with zero attached hydrogens (tertiary/aromatic N) is 2. The zero-order valence-electron chi connectivity index (χ0n) is 15.2. The third-order valence-corrected chi connectivity index (χ3v) is 5.79. The molecule has 0 spiro atoms. The van der Waals surface area contributed by atoms with Gasteiger partial charge in [-0.05, 0) is 31.2 Å². The summed E-state index contributed by atoms with van der Waals surface area (Å²) in [5.74, 6) is -2.22. The zero-order chi connectivity index (χ0) is 20.3. The molecule has 0 N–H and O–H groups in total. The van der Waals surface area contributed by atoms with Gasteiger partial charge in [-0.15, -0.1) is 11.8 Å². The SMILES string of the molecule is CCN(CCN1C(=O)CS[C@@H]1c1ccc(F)cc1F)C(=O)c1cccc(F)c1. The summed E-state index contributed by atoms with van der Waals surface area (Å²) in [7, 11) is 0. The number of carbonyl (C=O) groups excluding carboxylic acids is 2. The highest BCUT2D eigenvalue weighted by Gasteiger charge is 2.34. The second kappa shape index (κ2) is 8.68. The van der Waals surface area contributed by atoms with Gasteiger partial charge < -0.3 is 9.80 Å². The topological polar surface area (TPSA) is 40.6 Å². The Morgan fingerprint density at radius 3 is 2.61 bits per heavy atom. The molecule has 2 amide bonds. The van der Waals surface area contributed by atoms with Crippen molar-refractivity contribution in [2.75, 3.05) is 25.4 Å². The first-order valence-corrected chi connectivity index (χ1v) is 9.86. The van der Waals surface area contributed by atoms with Gasteiger partial charge in [-0.2, -0.15) is 0 Å². The molecule has 2 aromatic rings. The Morgan fingerprint density at radius 2 is 1.93 bits per heavy atom. The molecule has 2 aromatic carbocycles. The number of likely N-dealkylation sites (N-methyl/N-ethyl adjacent to an activating group) is 1. The molecule has 3 rings (SSSR count). The third kappa shape index (κ3) is 4.32. The van der Waals surface area contributed by atoms with Gasteiger partial charge in [-0.3, -0.25) is 9.59 Å². The summed E-state index contributed by atoms with van der Waals surface area (Å²) >= 11 is 1.26. The maximum atomic E-state index is 14.2. The number of hydrogen-bond donors (Lipinski definition) is 0. The minimum absolute atomic E-state index is 0.173. The molecule has 1 saturated heterocycles. The second-order valence-corrected chi connectivity index (χ2v) is 7.38. The average molecular weight is 408 g/mol. The standard InChI is InChI=1S/C20H19F3N2O2S/c1-2-24(19(27)13-4-3-5-14(21)10-13)8-9-25-18(26)12-28-20(25)16-7-6-15(22)11-17(16)23/h3-7,10-11,20H,2,8-9,12H2,1H3/t20-/m1/s1. The fourth-order valence-electron chi connectivity index (χ4n) is 3.09. The lowest BCUT2D eigenvalue weighted by Gasteiger charge is -2.28. The summed E-state index contributed by atoms with van der Waals surface area (Å²) in [4.78, 5) is 27.9. The predicted octanol–water partition coefficient (Wildman–Crippen LogP) is 3.84. The van der Waals surface area contributed by atoms with Crippen LogP contribution < -0.4 is 0 Å². The van der Waals surface area contributed by atoms with Crippen molar-refractivity contribution < 1.29 is 22.8 Å². The summed E-state index contributed by atoms with van der Waals surface area (Å²) in [6, 6.07) is 8.71. The number of carbonyl (C=O) groups is 2. The van der Waals surface area contributed by atoms with E-state index in [1.807, 2.05) is 0 Å². The van der Waals surface area contributed by atoms with Crippen LogP contribution in [0.25, 0.3) is 0 Å². The van der Waals surface area contributed by atoms with Crippen LogP contribution >= 0.6 is 11.8 Å². The van der Waals surface area contributed by atoms with Crippen molar-refractivity contribution in [2.45, 2.75) is 12.3 Å². The highest BCUT2D eigenvalue weighted by Crippen LogP contribution is 2.39. The monoisotopic (exact) mass is 408 g/mol. The fourth-order valence-corrected chi connectivity index (χ4v) is 4.33. The van der Waals surface area contributed by atoms with Crippen LogP contribution in [0.4, 0.5) is 13.2 Å². The fraction of sp³-hybridized carbons (Fsp3) is 0.300. The largest absolute Gasteiger partial charge is 0.337 e. The molecule has 4 nitrogen and oxygen atoms in total. The molecule has 1 heterocycles. The molecule has 28 heavy (non-hydrogen) atoms. The first-order chi connectivity index (χ1) is 13.4. The van der Waals surface area contributed by atoms with Crippen LogP contribution in [-0.2, 0) is 4.79 Å². The summed E-state index contributed by atoms with van der Waals surface area (Å²) in [6.07, 6.45) is 0. The van der Waals surface area contributed by atoms with Crippen LogP contribution in [0.1, 0.15) is 28.2 Å². The first-order valence-electron chi connectivity index (χ1n) is 8.81. The van der Waals surface area contributed by atoms with E-state index in [1.165, 1.54) is 51.9 Å². The molecule has 1 atom stereocenters. The minimum atomic E-state index is -0.708. The Kier molecular flexibility index (Phi) is 6.28. The molecule has 8 heteroatoms. The van der Waals surface area contributed by atoms with Crippen molar-refractivity contribution in [3.63, 3.8) is 0 Å². The summed E-state index contributed by atoms with van der Waals surface area (Å²) in [5, 5.41) is -0.573. The second-order valence-electron chi connectivity index (χ2n) is 6.31. The molecule has 148 valence electrons.